The maximum Gasteiger partial charge on any atom is 0.0647 e. The molecule has 0 N–H and O–H groups in total. The average molecular weight is 168 g/mol. The molecule has 0 radical (unpaired) electrons. The first-order valence-electron chi connectivity index (χ1n) is 5.18. The SMILES string of the molecule is CCOC/C=C\C1CCCCC1. The second-order valence-electron chi connectivity index (χ2n) is 3.49. The van der Waals surface area contributed by atoms with E-state index in [9.17, 15) is 0 Å². The summed E-state index contributed by atoms with van der Waals surface area (Å²) in [7, 11) is 0. The van der Waals surface area contributed by atoms with Crippen LogP contribution >= 0.6 is 0 Å². The minimum Gasteiger partial charge on any atom is -0.378 e. The van der Waals surface area contributed by atoms with Crippen LogP contribution < -0.4 is 0 Å². The van der Waals surface area contributed by atoms with Crippen LogP contribution in [0.15, 0.2) is 12.2 Å². The van der Waals surface area contributed by atoms with Gasteiger partial charge in [0.1, 0.15) is 0 Å². The molecule has 0 amide bonds. The largest absolute Gasteiger partial charge is 0.378 e. The zero-order valence-electron chi connectivity index (χ0n) is 8.09. The minimum atomic E-state index is 0.799. The Bertz CT molecular complexity index is 123. The molecule has 12 heavy (non-hydrogen) atoms. The van der Waals surface area contributed by atoms with Gasteiger partial charge in [0, 0.05) is 6.61 Å². The topological polar surface area (TPSA) is 9.23 Å². The van der Waals surface area contributed by atoms with Gasteiger partial charge in [0.15, 0.2) is 0 Å². The fraction of sp³-hybridized carbons (Fsp3) is 0.818. The lowest BCUT2D eigenvalue weighted by Gasteiger charge is -2.17. The fourth-order valence-corrected chi connectivity index (χ4v) is 1.76. The zero-order chi connectivity index (χ0) is 8.65. The van der Waals surface area contributed by atoms with Crippen molar-refractivity contribution in [2.75, 3.05) is 13.2 Å². The Morgan fingerprint density at radius 1 is 1.25 bits per heavy atom. The molecule has 70 valence electrons. The molecule has 0 bridgehead atoms. The Hall–Kier alpha value is -0.300. The summed E-state index contributed by atoms with van der Waals surface area (Å²) >= 11 is 0. The predicted molar refractivity (Wildman–Crippen MR) is 52.2 cm³/mol. The van der Waals surface area contributed by atoms with E-state index >= 15 is 0 Å². The smallest absolute Gasteiger partial charge is 0.0647 e. The van der Waals surface area contributed by atoms with Crippen molar-refractivity contribution in [1.82, 2.24) is 0 Å². The first-order valence-corrected chi connectivity index (χ1v) is 5.18. The van der Waals surface area contributed by atoms with Crippen molar-refractivity contribution in [3.05, 3.63) is 12.2 Å². The highest BCUT2D eigenvalue weighted by atomic mass is 16.5. The second kappa shape index (κ2) is 6.24. The van der Waals surface area contributed by atoms with Crippen molar-refractivity contribution in [3.8, 4) is 0 Å². The maximum absolute atomic E-state index is 5.24. The molecule has 1 rings (SSSR count). The van der Waals surface area contributed by atoms with Gasteiger partial charge < -0.3 is 4.74 Å². The molecular formula is C11H20O. The minimum absolute atomic E-state index is 0.799. The van der Waals surface area contributed by atoms with Crippen LogP contribution in [0.1, 0.15) is 39.0 Å². The molecule has 1 aliphatic carbocycles. The molecule has 0 atom stereocenters. The van der Waals surface area contributed by atoms with Crippen LogP contribution in [0.5, 0.6) is 0 Å². The van der Waals surface area contributed by atoms with Gasteiger partial charge in [-0.15, -0.1) is 0 Å². The van der Waals surface area contributed by atoms with Gasteiger partial charge in [-0.2, -0.15) is 0 Å². The number of hydrogen-bond donors (Lipinski definition) is 0. The molecule has 1 aliphatic rings. The third-order valence-corrected chi connectivity index (χ3v) is 2.48. The van der Waals surface area contributed by atoms with E-state index in [1.165, 1.54) is 32.1 Å². The monoisotopic (exact) mass is 168 g/mol. The molecule has 0 aromatic rings. The molecular weight excluding hydrogens is 148 g/mol. The summed E-state index contributed by atoms with van der Waals surface area (Å²) in [6, 6.07) is 0. The molecule has 0 aromatic heterocycles. The summed E-state index contributed by atoms with van der Waals surface area (Å²) in [5.41, 5.74) is 0. The van der Waals surface area contributed by atoms with E-state index in [-0.39, 0.29) is 0 Å². The highest BCUT2D eigenvalue weighted by Crippen LogP contribution is 2.24. The Morgan fingerprint density at radius 2 is 2.00 bits per heavy atom. The van der Waals surface area contributed by atoms with Gasteiger partial charge >= 0.3 is 0 Å². The molecule has 0 aromatic carbocycles. The van der Waals surface area contributed by atoms with Crippen LogP contribution in [0.2, 0.25) is 0 Å². The predicted octanol–water partition coefficient (Wildman–Crippen LogP) is 3.16. The van der Waals surface area contributed by atoms with Crippen molar-refractivity contribution in [2.45, 2.75) is 39.0 Å². The van der Waals surface area contributed by atoms with E-state index in [1.54, 1.807) is 0 Å². The van der Waals surface area contributed by atoms with E-state index < -0.39 is 0 Å². The van der Waals surface area contributed by atoms with Gasteiger partial charge in [0.25, 0.3) is 0 Å². The standard InChI is InChI=1S/C11H20O/c1-2-12-10-6-9-11-7-4-3-5-8-11/h6,9,11H,2-5,7-8,10H2,1H3/b9-6-. The maximum atomic E-state index is 5.24. The van der Waals surface area contributed by atoms with E-state index in [4.69, 9.17) is 4.74 Å². The molecule has 0 heterocycles. The summed E-state index contributed by atoms with van der Waals surface area (Å²) < 4.78 is 5.24. The second-order valence-corrected chi connectivity index (χ2v) is 3.49. The van der Waals surface area contributed by atoms with Crippen LogP contribution in [-0.4, -0.2) is 13.2 Å². The van der Waals surface area contributed by atoms with Crippen molar-refractivity contribution in [1.29, 1.82) is 0 Å². The first-order chi connectivity index (χ1) is 5.93. The highest BCUT2D eigenvalue weighted by molar-refractivity contribution is 4.89. The van der Waals surface area contributed by atoms with Crippen molar-refractivity contribution in [2.24, 2.45) is 5.92 Å². The molecule has 0 unspecified atom stereocenters. The van der Waals surface area contributed by atoms with Crippen LogP contribution in [-0.2, 0) is 4.74 Å². The number of ether oxygens (including phenoxy) is 1. The molecule has 1 fully saturated rings. The third kappa shape index (κ3) is 3.91. The lowest BCUT2D eigenvalue weighted by atomic mass is 9.89. The van der Waals surface area contributed by atoms with E-state index in [1.807, 2.05) is 6.92 Å². The van der Waals surface area contributed by atoms with Crippen molar-refractivity contribution >= 4 is 0 Å². The summed E-state index contributed by atoms with van der Waals surface area (Å²) in [5.74, 6) is 0.846. The van der Waals surface area contributed by atoms with Gasteiger partial charge in [0.2, 0.25) is 0 Å². The van der Waals surface area contributed by atoms with Gasteiger partial charge in [-0.25, -0.2) is 0 Å². The number of rotatable bonds is 4. The van der Waals surface area contributed by atoms with Gasteiger partial charge in [-0.3, -0.25) is 0 Å². The van der Waals surface area contributed by atoms with Crippen molar-refractivity contribution in [3.63, 3.8) is 0 Å². The normalized spacial score (nSPS) is 20.4. The lowest BCUT2D eigenvalue weighted by Crippen LogP contribution is -2.03. The van der Waals surface area contributed by atoms with Gasteiger partial charge in [-0.05, 0) is 25.7 Å². The zero-order valence-corrected chi connectivity index (χ0v) is 8.09. The summed E-state index contributed by atoms with van der Waals surface area (Å²) in [5, 5.41) is 0. The molecule has 1 nitrogen and oxygen atoms in total. The fourth-order valence-electron chi connectivity index (χ4n) is 1.76. The summed E-state index contributed by atoms with van der Waals surface area (Å²) in [6.45, 7) is 3.66. The molecule has 1 heteroatoms. The highest BCUT2D eigenvalue weighted by Gasteiger charge is 2.08. The molecule has 0 spiro atoms. The lowest BCUT2D eigenvalue weighted by molar-refractivity contribution is 0.177. The van der Waals surface area contributed by atoms with Crippen LogP contribution in [0.4, 0.5) is 0 Å². The Kier molecular flexibility index (Phi) is 5.09. The number of hydrogen-bond acceptors (Lipinski definition) is 1. The van der Waals surface area contributed by atoms with Crippen LogP contribution in [0, 0.1) is 5.92 Å². The van der Waals surface area contributed by atoms with E-state index in [0.717, 1.165) is 19.1 Å². The third-order valence-electron chi connectivity index (χ3n) is 2.48. The summed E-state index contributed by atoms with van der Waals surface area (Å²) in [4.78, 5) is 0. The Balaban J connectivity index is 2.07. The first kappa shape index (κ1) is 9.79. The summed E-state index contributed by atoms with van der Waals surface area (Å²) in [6.07, 6.45) is 11.6. The van der Waals surface area contributed by atoms with Gasteiger partial charge in [-0.1, -0.05) is 31.4 Å². The number of allylic oxidation sites excluding steroid dienone is 1. The quantitative estimate of drug-likeness (QED) is 0.463. The Morgan fingerprint density at radius 3 is 2.67 bits per heavy atom. The van der Waals surface area contributed by atoms with Crippen molar-refractivity contribution < 1.29 is 4.74 Å². The van der Waals surface area contributed by atoms with Gasteiger partial charge in [0.05, 0.1) is 6.61 Å². The van der Waals surface area contributed by atoms with E-state index in [2.05, 4.69) is 12.2 Å². The Labute approximate surface area is 75.8 Å². The molecule has 0 saturated heterocycles. The van der Waals surface area contributed by atoms with Crippen LogP contribution in [0.3, 0.4) is 0 Å². The molecule has 0 aliphatic heterocycles. The molecule has 1 saturated carbocycles. The van der Waals surface area contributed by atoms with Crippen LogP contribution in [0.25, 0.3) is 0 Å². The van der Waals surface area contributed by atoms with E-state index in [0.29, 0.717) is 0 Å². The average Bonchev–Trinajstić information content (AvgIpc) is 2.14.